The van der Waals surface area contributed by atoms with Crippen LogP contribution in [0.4, 0.5) is 5.69 Å². The van der Waals surface area contributed by atoms with Crippen molar-refractivity contribution >= 4 is 34.1 Å². The van der Waals surface area contributed by atoms with Gasteiger partial charge in [-0.25, -0.2) is 4.98 Å². The van der Waals surface area contributed by atoms with Crippen LogP contribution in [-0.2, 0) is 0 Å². The summed E-state index contributed by atoms with van der Waals surface area (Å²) >= 11 is 6.07. The molecule has 28 heavy (non-hydrogen) atoms. The molecule has 1 amide bonds. The molecule has 1 aliphatic rings. The van der Waals surface area contributed by atoms with Gasteiger partial charge in [0.25, 0.3) is 5.91 Å². The first-order valence-electron chi connectivity index (χ1n) is 9.49. The number of aryl methyl sites for hydroxylation is 1. The first-order valence-corrected chi connectivity index (χ1v) is 9.86. The number of pyridine rings is 1. The number of benzene rings is 1. The molecular weight excluding hydrogens is 374 g/mol. The minimum absolute atomic E-state index is 0.152. The zero-order valence-electron chi connectivity index (χ0n) is 15.7. The Morgan fingerprint density at radius 3 is 2.57 bits per heavy atom. The van der Waals surface area contributed by atoms with Gasteiger partial charge in [-0.3, -0.25) is 14.8 Å². The lowest BCUT2D eigenvalue weighted by Crippen LogP contribution is -2.40. The molecule has 1 aliphatic carbocycles. The van der Waals surface area contributed by atoms with E-state index in [1.54, 1.807) is 12.4 Å². The van der Waals surface area contributed by atoms with E-state index in [4.69, 9.17) is 11.6 Å². The molecular formula is C21H22ClN5O. The Morgan fingerprint density at radius 1 is 1.04 bits per heavy atom. The van der Waals surface area contributed by atoms with Crippen LogP contribution in [-0.4, -0.2) is 32.9 Å². The summed E-state index contributed by atoms with van der Waals surface area (Å²) in [5, 5.41) is 8.47. The third-order valence-corrected chi connectivity index (χ3v) is 5.38. The Hall–Kier alpha value is -2.73. The Morgan fingerprint density at radius 2 is 1.82 bits per heavy atom. The van der Waals surface area contributed by atoms with Crippen molar-refractivity contribution < 1.29 is 4.79 Å². The summed E-state index contributed by atoms with van der Waals surface area (Å²) in [7, 11) is 0. The smallest absolute Gasteiger partial charge is 0.271 e. The molecule has 6 nitrogen and oxygen atoms in total. The number of rotatable bonds is 4. The molecule has 2 N–H and O–H groups in total. The van der Waals surface area contributed by atoms with Gasteiger partial charge in [-0.15, -0.1) is 0 Å². The summed E-state index contributed by atoms with van der Waals surface area (Å²) in [6.07, 6.45) is 8.77. The van der Waals surface area contributed by atoms with Gasteiger partial charge in [-0.05, 0) is 56.9 Å². The molecule has 2 heterocycles. The number of nitrogens with one attached hydrogen (secondary N) is 2. The van der Waals surface area contributed by atoms with Crippen LogP contribution < -0.4 is 10.6 Å². The van der Waals surface area contributed by atoms with E-state index in [0.29, 0.717) is 16.8 Å². The second-order valence-electron chi connectivity index (χ2n) is 7.23. The lowest BCUT2D eigenvalue weighted by Gasteiger charge is -2.30. The zero-order valence-corrected chi connectivity index (χ0v) is 16.4. The van der Waals surface area contributed by atoms with Gasteiger partial charge in [-0.1, -0.05) is 11.6 Å². The van der Waals surface area contributed by atoms with E-state index < -0.39 is 0 Å². The van der Waals surface area contributed by atoms with Gasteiger partial charge in [0.15, 0.2) is 0 Å². The molecule has 0 bridgehead atoms. The van der Waals surface area contributed by atoms with E-state index in [1.807, 2.05) is 31.2 Å². The fourth-order valence-electron chi connectivity index (χ4n) is 3.62. The predicted molar refractivity (Wildman–Crippen MR) is 111 cm³/mol. The Kier molecular flexibility index (Phi) is 5.39. The maximum absolute atomic E-state index is 12.3. The Bertz CT molecular complexity index is 984. The van der Waals surface area contributed by atoms with Crippen LogP contribution in [0.2, 0.25) is 5.02 Å². The van der Waals surface area contributed by atoms with Crippen molar-refractivity contribution in [3.8, 4) is 0 Å². The number of nitrogens with zero attached hydrogens (tertiary/aromatic N) is 3. The van der Waals surface area contributed by atoms with E-state index in [0.717, 1.165) is 48.0 Å². The molecule has 1 saturated carbocycles. The van der Waals surface area contributed by atoms with Crippen molar-refractivity contribution in [3.05, 3.63) is 59.3 Å². The first kappa shape index (κ1) is 18.6. The maximum atomic E-state index is 12.3. The lowest BCUT2D eigenvalue weighted by molar-refractivity contribution is 0.0921. The highest BCUT2D eigenvalue weighted by Gasteiger charge is 2.23. The normalized spacial score (nSPS) is 19.4. The second kappa shape index (κ2) is 8.10. The van der Waals surface area contributed by atoms with Gasteiger partial charge in [0.2, 0.25) is 0 Å². The number of fused-ring (bicyclic) bond motifs is 1. The molecule has 4 rings (SSSR count). The van der Waals surface area contributed by atoms with E-state index in [-0.39, 0.29) is 11.9 Å². The fourth-order valence-corrected chi connectivity index (χ4v) is 3.78. The van der Waals surface area contributed by atoms with Gasteiger partial charge in [0, 0.05) is 40.6 Å². The van der Waals surface area contributed by atoms with E-state index in [1.165, 1.54) is 6.20 Å². The standard InChI is InChI=1S/C21H22ClN5O/c1-13-11-25-20(12-24-13)21(28)27-16-5-3-15(4-6-16)26-18-8-9-23-19-10-14(22)2-7-17(18)19/h2,7-12,15-16H,3-6H2,1H3,(H,23,26)(H,27,28)/t15-,16+. The molecule has 2 aromatic heterocycles. The minimum Gasteiger partial charge on any atom is -0.382 e. The third kappa shape index (κ3) is 4.22. The minimum atomic E-state index is -0.152. The molecule has 0 saturated heterocycles. The quantitative estimate of drug-likeness (QED) is 0.694. The number of halogens is 1. The molecule has 0 aliphatic heterocycles. The highest BCUT2D eigenvalue weighted by Crippen LogP contribution is 2.28. The molecule has 0 unspecified atom stereocenters. The largest absolute Gasteiger partial charge is 0.382 e. The summed E-state index contributed by atoms with van der Waals surface area (Å²) in [5.41, 5.74) is 3.13. The highest BCUT2D eigenvalue weighted by atomic mass is 35.5. The molecule has 7 heteroatoms. The molecule has 0 spiro atoms. The van der Waals surface area contributed by atoms with Crippen molar-refractivity contribution in [2.24, 2.45) is 0 Å². The van der Waals surface area contributed by atoms with Gasteiger partial charge < -0.3 is 10.6 Å². The summed E-state index contributed by atoms with van der Waals surface area (Å²) in [6.45, 7) is 1.85. The van der Waals surface area contributed by atoms with Crippen molar-refractivity contribution in [2.75, 3.05) is 5.32 Å². The molecule has 1 fully saturated rings. The molecule has 144 valence electrons. The van der Waals surface area contributed by atoms with Crippen LogP contribution in [0.3, 0.4) is 0 Å². The van der Waals surface area contributed by atoms with E-state index in [9.17, 15) is 4.79 Å². The van der Waals surface area contributed by atoms with E-state index >= 15 is 0 Å². The maximum Gasteiger partial charge on any atom is 0.271 e. The Labute approximate surface area is 168 Å². The Balaban J connectivity index is 1.34. The average Bonchev–Trinajstić information content (AvgIpc) is 2.70. The van der Waals surface area contributed by atoms with Crippen molar-refractivity contribution in [3.63, 3.8) is 0 Å². The number of anilines is 1. The van der Waals surface area contributed by atoms with Crippen LogP contribution in [0, 0.1) is 6.92 Å². The topological polar surface area (TPSA) is 79.8 Å². The first-order chi connectivity index (χ1) is 13.6. The van der Waals surface area contributed by atoms with Gasteiger partial charge in [0.1, 0.15) is 5.69 Å². The zero-order chi connectivity index (χ0) is 19.5. The second-order valence-corrected chi connectivity index (χ2v) is 7.67. The summed E-state index contributed by atoms with van der Waals surface area (Å²) in [6, 6.07) is 8.30. The number of carbonyl (C=O) groups is 1. The lowest BCUT2D eigenvalue weighted by atomic mass is 9.90. The van der Waals surface area contributed by atoms with Crippen LogP contribution in [0.5, 0.6) is 0 Å². The number of amides is 1. The third-order valence-electron chi connectivity index (χ3n) is 5.14. The molecule has 0 radical (unpaired) electrons. The van der Waals surface area contributed by atoms with Crippen LogP contribution in [0.25, 0.3) is 10.9 Å². The summed E-state index contributed by atoms with van der Waals surface area (Å²) in [5.74, 6) is -0.152. The molecule has 3 aromatic rings. The van der Waals surface area contributed by atoms with Crippen molar-refractivity contribution in [1.29, 1.82) is 0 Å². The van der Waals surface area contributed by atoms with E-state index in [2.05, 4.69) is 25.6 Å². The predicted octanol–water partition coefficient (Wildman–Crippen LogP) is 4.14. The fraction of sp³-hybridized carbons (Fsp3) is 0.333. The van der Waals surface area contributed by atoms with Gasteiger partial charge >= 0.3 is 0 Å². The van der Waals surface area contributed by atoms with Crippen LogP contribution in [0.15, 0.2) is 42.9 Å². The number of hydrogen-bond donors (Lipinski definition) is 2. The van der Waals surface area contributed by atoms with Crippen molar-refractivity contribution in [2.45, 2.75) is 44.7 Å². The highest BCUT2D eigenvalue weighted by molar-refractivity contribution is 6.31. The monoisotopic (exact) mass is 395 g/mol. The average molecular weight is 396 g/mol. The van der Waals surface area contributed by atoms with Crippen LogP contribution >= 0.6 is 11.6 Å². The molecule has 0 atom stereocenters. The van der Waals surface area contributed by atoms with Gasteiger partial charge in [-0.2, -0.15) is 0 Å². The SMILES string of the molecule is Cc1cnc(C(=O)N[C@H]2CC[C@@H](Nc3ccnc4cc(Cl)ccc34)CC2)cn1. The van der Waals surface area contributed by atoms with Crippen molar-refractivity contribution in [1.82, 2.24) is 20.3 Å². The van der Waals surface area contributed by atoms with Crippen LogP contribution in [0.1, 0.15) is 41.9 Å². The number of aromatic nitrogens is 3. The summed E-state index contributed by atoms with van der Waals surface area (Å²) in [4.78, 5) is 25.0. The number of hydrogen-bond acceptors (Lipinski definition) is 5. The number of carbonyl (C=O) groups excluding carboxylic acids is 1. The molecule has 1 aromatic carbocycles. The van der Waals surface area contributed by atoms with Gasteiger partial charge in [0.05, 0.1) is 17.4 Å². The summed E-state index contributed by atoms with van der Waals surface area (Å²) < 4.78 is 0.